The molecule has 23 heavy (non-hydrogen) atoms. The molecule has 1 aliphatic heterocycles. The molecule has 9 heteroatoms. The second kappa shape index (κ2) is 7.56. The normalized spacial score (nSPS) is 17.7. The first kappa shape index (κ1) is 16.7. The van der Waals surface area contributed by atoms with Gasteiger partial charge in [0, 0.05) is 11.8 Å². The summed E-state index contributed by atoms with van der Waals surface area (Å²) in [5, 5.41) is 9.95. The Morgan fingerprint density at radius 1 is 1.39 bits per heavy atom. The summed E-state index contributed by atoms with van der Waals surface area (Å²) < 4.78 is 11.2. The van der Waals surface area contributed by atoms with Gasteiger partial charge < -0.3 is 20.6 Å². The van der Waals surface area contributed by atoms with E-state index in [1.54, 1.807) is 13.3 Å². The molecular formula is C14H21N7O2. The molecule has 0 spiro atoms. The lowest BCUT2D eigenvalue weighted by Crippen LogP contribution is -2.45. The van der Waals surface area contributed by atoms with E-state index in [0.29, 0.717) is 11.5 Å². The summed E-state index contributed by atoms with van der Waals surface area (Å²) in [6, 6.07) is 5.59. The van der Waals surface area contributed by atoms with Crippen molar-refractivity contribution in [2.75, 3.05) is 7.11 Å². The lowest BCUT2D eigenvalue weighted by molar-refractivity contribution is 0.403. The third-order valence-electron chi connectivity index (χ3n) is 3.21. The smallest absolute Gasteiger partial charge is 0.219 e. The largest absolute Gasteiger partial charge is 0.497 e. The van der Waals surface area contributed by atoms with Gasteiger partial charge in [0.2, 0.25) is 5.84 Å². The van der Waals surface area contributed by atoms with Gasteiger partial charge in [0.05, 0.1) is 7.11 Å². The molecule has 0 fully saturated rings. The Bertz CT molecular complexity index is 640. The van der Waals surface area contributed by atoms with E-state index in [4.69, 9.17) is 21.2 Å². The topological polar surface area (TPSA) is 132 Å². The molecular weight excluding hydrogens is 298 g/mol. The molecule has 1 aliphatic rings. The lowest BCUT2D eigenvalue weighted by Gasteiger charge is -2.21. The average molecular weight is 319 g/mol. The fourth-order valence-corrected chi connectivity index (χ4v) is 2.05. The summed E-state index contributed by atoms with van der Waals surface area (Å²) in [5.74, 6) is 12.8. The SMILES string of the molecule is COc1ccc(OC2=CNC(NN)N=C2N=NN)c(C(C)C)c1. The van der Waals surface area contributed by atoms with Crippen LogP contribution in [0.5, 0.6) is 11.5 Å². The minimum atomic E-state index is -0.525. The number of rotatable bonds is 5. The Labute approximate surface area is 134 Å². The predicted molar refractivity (Wildman–Crippen MR) is 86.5 cm³/mol. The van der Waals surface area contributed by atoms with Crippen molar-refractivity contribution < 1.29 is 9.47 Å². The number of aliphatic imine (C=N–C) groups is 1. The molecule has 124 valence electrons. The third-order valence-corrected chi connectivity index (χ3v) is 3.21. The van der Waals surface area contributed by atoms with E-state index in [1.165, 1.54) is 0 Å². The van der Waals surface area contributed by atoms with Gasteiger partial charge in [0.15, 0.2) is 12.0 Å². The number of nitrogens with zero attached hydrogens (tertiary/aromatic N) is 3. The minimum Gasteiger partial charge on any atom is -0.497 e. The summed E-state index contributed by atoms with van der Waals surface area (Å²) >= 11 is 0. The molecule has 0 aromatic heterocycles. The first-order valence-corrected chi connectivity index (χ1v) is 7.06. The van der Waals surface area contributed by atoms with Crippen molar-refractivity contribution in [3.05, 3.63) is 35.7 Å². The van der Waals surface area contributed by atoms with E-state index in [0.717, 1.165) is 11.3 Å². The molecule has 0 radical (unpaired) electrons. The predicted octanol–water partition coefficient (Wildman–Crippen LogP) is 1.11. The maximum atomic E-state index is 5.94. The van der Waals surface area contributed by atoms with Crippen LogP contribution in [-0.4, -0.2) is 19.2 Å². The monoisotopic (exact) mass is 319 g/mol. The Balaban J connectivity index is 2.31. The molecule has 2 rings (SSSR count). The van der Waals surface area contributed by atoms with E-state index >= 15 is 0 Å². The van der Waals surface area contributed by atoms with Gasteiger partial charge in [-0.3, -0.25) is 5.84 Å². The maximum absolute atomic E-state index is 5.94. The molecule has 6 N–H and O–H groups in total. The molecule has 1 heterocycles. The van der Waals surface area contributed by atoms with Crippen LogP contribution < -0.4 is 31.9 Å². The van der Waals surface area contributed by atoms with Crippen molar-refractivity contribution in [2.24, 2.45) is 27.0 Å². The zero-order valence-electron chi connectivity index (χ0n) is 13.3. The zero-order valence-corrected chi connectivity index (χ0v) is 13.3. The minimum absolute atomic E-state index is 0.236. The van der Waals surface area contributed by atoms with E-state index in [9.17, 15) is 0 Å². The van der Waals surface area contributed by atoms with Gasteiger partial charge in [-0.05, 0) is 24.1 Å². The van der Waals surface area contributed by atoms with Crippen molar-refractivity contribution in [1.82, 2.24) is 10.7 Å². The van der Waals surface area contributed by atoms with Gasteiger partial charge in [-0.15, -0.1) is 5.11 Å². The van der Waals surface area contributed by atoms with Gasteiger partial charge in [-0.1, -0.05) is 19.1 Å². The highest BCUT2D eigenvalue weighted by molar-refractivity contribution is 5.97. The number of ether oxygens (including phenoxy) is 2. The quantitative estimate of drug-likeness (QED) is 0.365. The Morgan fingerprint density at radius 3 is 2.78 bits per heavy atom. The number of benzene rings is 1. The van der Waals surface area contributed by atoms with Gasteiger partial charge in [-0.2, -0.15) is 0 Å². The second-order valence-electron chi connectivity index (χ2n) is 5.07. The molecule has 0 amide bonds. The van der Waals surface area contributed by atoms with Crippen LogP contribution in [0.15, 0.2) is 45.5 Å². The highest BCUT2D eigenvalue weighted by Gasteiger charge is 2.20. The average Bonchev–Trinajstić information content (AvgIpc) is 2.56. The second-order valence-corrected chi connectivity index (χ2v) is 5.07. The van der Waals surface area contributed by atoms with Crippen molar-refractivity contribution in [3.63, 3.8) is 0 Å². The van der Waals surface area contributed by atoms with Crippen LogP contribution in [0.1, 0.15) is 25.3 Å². The first-order chi connectivity index (χ1) is 11.1. The van der Waals surface area contributed by atoms with E-state index < -0.39 is 6.29 Å². The van der Waals surface area contributed by atoms with E-state index in [-0.39, 0.29) is 11.8 Å². The number of methoxy groups -OCH3 is 1. The van der Waals surface area contributed by atoms with Crippen LogP contribution in [0, 0.1) is 0 Å². The maximum Gasteiger partial charge on any atom is 0.219 e. The van der Waals surface area contributed by atoms with Crippen LogP contribution in [0.2, 0.25) is 0 Å². The van der Waals surface area contributed by atoms with Crippen LogP contribution in [-0.2, 0) is 0 Å². The molecule has 1 aromatic carbocycles. The van der Waals surface area contributed by atoms with Crippen molar-refractivity contribution >= 4 is 5.84 Å². The molecule has 0 bridgehead atoms. The number of hydrogen-bond donors (Lipinski definition) is 4. The Kier molecular flexibility index (Phi) is 5.50. The highest BCUT2D eigenvalue weighted by atomic mass is 16.5. The molecule has 1 atom stereocenters. The zero-order chi connectivity index (χ0) is 16.8. The molecule has 9 nitrogen and oxygen atoms in total. The van der Waals surface area contributed by atoms with Crippen molar-refractivity contribution in [2.45, 2.75) is 26.1 Å². The summed E-state index contributed by atoms with van der Waals surface area (Å²) in [7, 11) is 1.62. The molecule has 0 aliphatic carbocycles. The lowest BCUT2D eigenvalue weighted by atomic mass is 10.0. The molecule has 1 unspecified atom stereocenters. The number of nitrogens with two attached hydrogens (primary N) is 2. The fourth-order valence-electron chi connectivity index (χ4n) is 2.05. The number of nitrogens with one attached hydrogen (secondary N) is 2. The Morgan fingerprint density at radius 2 is 2.17 bits per heavy atom. The highest BCUT2D eigenvalue weighted by Crippen LogP contribution is 2.32. The summed E-state index contributed by atoms with van der Waals surface area (Å²) in [6.45, 7) is 4.14. The number of hydrogen-bond acceptors (Lipinski definition) is 8. The summed E-state index contributed by atoms with van der Waals surface area (Å²) in [4.78, 5) is 4.19. The first-order valence-electron chi connectivity index (χ1n) is 7.06. The van der Waals surface area contributed by atoms with Crippen LogP contribution in [0.25, 0.3) is 0 Å². The van der Waals surface area contributed by atoms with Gasteiger partial charge in [0.25, 0.3) is 0 Å². The van der Waals surface area contributed by atoms with Crippen molar-refractivity contribution in [3.8, 4) is 11.5 Å². The van der Waals surface area contributed by atoms with Crippen molar-refractivity contribution in [1.29, 1.82) is 0 Å². The molecule has 1 aromatic rings. The standard InChI is InChI=1S/C14H21N7O2/c1-8(2)10-6-9(22-3)4-5-11(10)23-12-7-17-14(19-15)18-13(12)20-21-16/h4-8,14,17,19H,15H2,1-3H3,(H2,16,18,20). The van der Waals surface area contributed by atoms with Crippen LogP contribution >= 0.6 is 0 Å². The Hall–Kier alpha value is -2.65. The van der Waals surface area contributed by atoms with Gasteiger partial charge in [-0.25, -0.2) is 10.4 Å². The molecule has 0 saturated carbocycles. The van der Waals surface area contributed by atoms with Gasteiger partial charge >= 0.3 is 0 Å². The van der Waals surface area contributed by atoms with E-state index in [1.807, 2.05) is 18.2 Å². The van der Waals surface area contributed by atoms with Crippen LogP contribution in [0.3, 0.4) is 0 Å². The van der Waals surface area contributed by atoms with Gasteiger partial charge in [0.1, 0.15) is 11.5 Å². The van der Waals surface area contributed by atoms with E-state index in [2.05, 4.69) is 39.9 Å². The summed E-state index contributed by atoms with van der Waals surface area (Å²) in [6.07, 6.45) is 1.08. The molecule has 0 saturated heterocycles. The third kappa shape index (κ3) is 3.96. The van der Waals surface area contributed by atoms with Crippen LogP contribution in [0.4, 0.5) is 0 Å². The summed E-state index contributed by atoms with van der Waals surface area (Å²) in [5.41, 5.74) is 3.46. The number of amidine groups is 1. The number of hydrazine groups is 1. The fraction of sp³-hybridized carbons (Fsp3) is 0.357.